The second-order valence-corrected chi connectivity index (χ2v) is 5.80. The lowest BCUT2D eigenvalue weighted by Crippen LogP contribution is -2.43. The molecule has 25 heavy (non-hydrogen) atoms. The molecule has 0 spiro atoms. The summed E-state index contributed by atoms with van der Waals surface area (Å²) in [6, 6.07) is 22.1. The van der Waals surface area contributed by atoms with E-state index in [1.807, 2.05) is 48.5 Å². The maximum atomic E-state index is 12.4. The first kappa shape index (κ1) is 16.7. The summed E-state index contributed by atoms with van der Waals surface area (Å²) in [6.45, 7) is 0. The Kier molecular flexibility index (Phi) is 5.09. The highest BCUT2D eigenvalue weighted by molar-refractivity contribution is 5.96. The summed E-state index contributed by atoms with van der Waals surface area (Å²) in [4.78, 5) is 24.5. The highest BCUT2D eigenvalue weighted by Crippen LogP contribution is 2.17. The molecule has 0 saturated carbocycles. The predicted octanol–water partition coefficient (Wildman–Crippen LogP) is 3.35. The summed E-state index contributed by atoms with van der Waals surface area (Å²) in [5.74, 6) is -0.755. The van der Waals surface area contributed by atoms with Crippen LogP contribution >= 0.6 is 0 Å². The quantitative estimate of drug-likeness (QED) is 0.729. The first-order chi connectivity index (χ1) is 12.2. The van der Waals surface area contributed by atoms with Gasteiger partial charge in [-0.3, -0.25) is 4.79 Å². The van der Waals surface area contributed by atoms with Crippen LogP contribution in [0.15, 0.2) is 72.8 Å². The minimum atomic E-state index is -0.737. The number of esters is 1. The number of nitrogens with one attached hydrogen (secondary N) is 1. The third-order valence-corrected chi connectivity index (χ3v) is 4.08. The van der Waals surface area contributed by atoms with Crippen molar-refractivity contribution in [3.05, 3.63) is 83.9 Å². The molecule has 0 aliphatic rings. The number of hydrogen-bond acceptors (Lipinski definition) is 3. The van der Waals surface area contributed by atoms with Crippen molar-refractivity contribution in [1.82, 2.24) is 5.32 Å². The third kappa shape index (κ3) is 4.04. The van der Waals surface area contributed by atoms with E-state index in [0.29, 0.717) is 12.0 Å². The average molecular weight is 333 g/mol. The molecule has 126 valence electrons. The minimum Gasteiger partial charge on any atom is -0.467 e. The number of amides is 1. The molecule has 0 saturated heterocycles. The van der Waals surface area contributed by atoms with Crippen molar-refractivity contribution in [2.24, 2.45) is 0 Å². The number of carbonyl (C=O) groups excluding carboxylic acids is 2. The van der Waals surface area contributed by atoms with Crippen molar-refractivity contribution < 1.29 is 14.3 Å². The Labute approximate surface area is 146 Å². The zero-order chi connectivity index (χ0) is 17.6. The van der Waals surface area contributed by atoms with Crippen molar-refractivity contribution in [2.75, 3.05) is 7.11 Å². The standard InChI is InChI=1S/C21H19NO3/c1-25-21(24)19(22-20(23)17-8-3-2-4-9-17)14-15-11-12-16-7-5-6-10-18(16)13-15/h2-13,19H,14H2,1H3,(H,22,23)/t19-/m0/s1. The Morgan fingerprint density at radius 2 is 1.60 bits per heavy atom. The average Bonchev–Trinajstić information content (AvgIpc) is 2.67. The zero-order valence-corrected chi connectivity index (χ0v) is 13.9. The van der Waals surface area contributed by atoms with Gasteiger partial charge in [0.05, 0.1) is 7.11 Å². The number of carbonyl (C=O) groups is 2. The van der Waals surface area contributed by atoms with Crippen LogP contribution in [-0.2, 0) is 16.0 Å². The summed E-state index contributed by atoms with van der Waals surface area (Å²) in [7, 11) is 1.32. The lowest BCUT2D eigenvalue weighted by molar-refractivity contribution is -0.142. The number of rotatable bonds is 5. The molecule has 0 heterocycles. The molecule has 1 amide bonds. The molecule has 3 aromatic carbocycles. The second kappa shape index (κ2) is 7.62. The van der Waals surface area contributed by atoms with Gasteiger partial charge in [-0.2, -0.15) is 0 Å². The van der Waals surface area contributed by atoms with E-state index in [1.54, 1.807) is 24.3 Å². The molecule has 0 aliphatic heterocycles. The van der Waals surface area contributed by atoms with Gasteiger partial charge in [-0.25, -0.2) is 4.79 Å². The van der Waals surface area contributed by atoms with E-state index in [0.717, 1.165) is 16.3 Å². The molecule has 1 N–H and O–H groups in total. The molecule has 3 rings (SSSR count). The maximum absolute atomic E-state index is 12.4. The maximum Gasteiger partial charge on any atom is 0.328 e. The highest BCUT2D eigenvalue weighted by atomic mass is 16.5. The fraction of sp³-hybridized carbons (Fsp3) is 0.143. The zero-order valence-electron chi connectivity index (χ0n) is 13.9. The molecule has 0 aliphatic carbocycles. The summed E-state index contributed by atoms with van der Waals surface area (Å²) < 4.78 is 4.86. The van der Waals surface area contributed by atoms with E-state index in [9.17, 15) is 9.59 Å². The Morgan fingerprint density at radius 1 is 0.920 bits per heavy atom. The summed E-state index contributed by atoms with van der Waals surface area (Å²) >= 11 is 0. The fourth-order valence-electron chi connectivity index (χ4n) is 2.77. The van der Waals surface area contributed by atoms with Crippen LogP contribution in [0.4, 0.5) is 0 Å². The van der Waals surface area contributed by atoms with Crippen LogP contribution in [0.25, 0.3) is 10.8 Å². The second-order valence-electron chi connectivity index (χ2n) is 5.80. The lowest BCUT2D eigenvalue weighted by atomic mass is 10.0. The van der Waals surface area contributed by atoms with E-state index >= 15 is 0 Å². The molecule has 0 bridgehead atoms. The Balaban J connectivity index is 1.80. The Bertz CT molecular complexity index is 890. The highest BCUT2D eigenvalue weighted by Gasteiger charge is 2.22. The molecular formula is C21H19NO3. The van der Waals surface area contributed by atoms with Crippen molar-refractivity contribution >= 4 is 22.6 Å². The van der Waals surface area contributed by atoms with Gasteiger partial charge in [0.25, 0.3) is 5.91 Å². The number of ether oxygens (including phenoxy) is 1. The number of hydrogen-bond donors (Lipinski definition) is 1. The molecule has 0 aromatic heterocycles. The van der Waals surface area contributed by atoms with Crippen molar-refractivity contribution in [2.45, 2.75) is 12.5 Å². The van der Waals surface area contributed by atoms with Gasteiger partial charge in [0, 0.05) is 12.0 Å². The van der Waals surface area contributed by atoms with E-state index in [4.69, 9.17) is 4.74 Å². The van der Waals surface area contributed by atoms with Gasteiger partial charge in [-0.05, 0) is 28.5 Å². The molecule has 3 aromatic rings. The van der Waals surface area contributed by atoms with Gasteiger partial charge < -0.3 is 10.1 Å². The molecular weight excluding hydrogens is 314 g/mol. The first-order valence-electron chi connectivity index (χ1n) is 8.09. The van der Waals surface area contributed by atoms with Crippen LogP contribution in [0.5, 0.6) is 0 Å². The van der Waals surface area contributed by atoms with Gasteiger partial charge >= 0.3 is 5.97 Å². The van der Waals surface area contributed by atoms with Crippen molar-refractivity contribution in [1.29, 1.82) is 0 Å². The van der Waals surface area contributed by atoms with E-state index < -0.39 is 12.0 Å². The molecule has 4 nitrogen and oxygen atoms in total. The van der Waals surface area contributed by atoms with Crippen molar-refractivity contribution in [3.63, 3.8) is 0 Å². The first-order valence-corrected chi connectivity index (χ1v) is 8.09. The summed E-state index contributed by atoms with van der Waals surface area (Å²) in [6.07, 6.45) is 0.371. The van der Waals surface area contributed by atoms with E-state index in [-0.39, 0.29) is 5.91 Å². The fourth-order valence-corrected chi connectivity index (χ4v) is 2.77. The third-order valence-electron chi connectivity index (χ3n) is 4.08. The van der Waals surface area contributed by atoms with Crippen LogP contribution in [-0.4, -0.2) is 25.0 Å². The van der Waals surface area contributed by atoms with Crippen LogP contribution in [0, 0.1) is 0 Å². The van der Waals surface area contributed by atoms with Crippen LogP contribution in [0.3, 0.4) is 0 Å². The Hall–Kier alpha value is -3.14. The summed E-state index contributed by atoms with van der Waals surface area (Å²) in [5.41, 5.74) is 1.47. The van der Waals surface area contributed by atoms with Gasteiger partial charge in [-0.15, -0.1) is 0 Å². The van der Waals surface area contributed by atoms with E-state index in [2.05, 4.69) is 5.32 Å². The molecule has 4 heteroatoms. The van der Waals surface area contributed by atoms with Crippen LogP contribution in [0.1, 0.15) is 15.9 Å². The minimum absolute atomic E-state index is 0.295. The molecule has 1 atom stereocenters. The molecule has 0 unspecified atom stereocenters. The summed E-state index contributed by atoms with van der Waals surface area (Å²) in [5, 5.41) is 5.00. The molecule has 0 radical (unpaired) electrons. The largest absolute Gasteiger partial charge is 0.467 e. The number of benzene rings is 3. The number of methoxy groups -OCH3 is 1. The SMILES string of the molecule is COC(=O)[C@H](Cc1ccc2ccccc2c1)NC(=O)c1ccccc1. The van der Waals surface area contributed by atoms with Gasteiger partial charge in [0.1, 0.15) is 6.04 Å². The van der Waals surface area contributed by atoms with Gasteiger partial charge in [0.15, 0.2) is 0 Å². The number of fused-ring (bicyclic) bond motifs is 1. The molecule has 0 fully saturated rings. The monoisotopic (exact) mass is 333 g/mol. The predicted molar refractivity (Wildman–Crippen MR) is 97.4 cm³/mol. The van der Waals surface area contributed by atoms with Crippen LogP contribution in [0.2, 0.25) is 0 Å². The topological polar surface area (TPSA) is 55.4 Å². The van der Waals surface area contributed by atoms with Gasteiger partial charge in [-0.1, -0.05) is 60.7 Å². The lowest BCUT2D eigenvalue weighted by Gasteiger charge is -2.17. The van der Waals surface area contributed by atoms with Gasteiger partial charge in [0.2, 0.25) is 0 Å². The smallest absolute Gasteiger partial charge is 0.328 e. The van der Waals surface area contributed by atoms with Crippen LogP contribution < -0.4 is 5.32 Å². The van der Waals surface area contributed by atoms with E-state index in [1.165, 1.54) is 7.11 Å². The normalized spacial score (nSPS) is 11.7. The van der Waals surface area contributed by atoms with Crippen molar-refractivity contribution in [3.8, 4) is 0 Å². The Morgan fingerprint density at radius 3 is 2.32 bits per heavy atom.